The molecular formula is C16H21N3O. The van der Waals surface area contributed by atoms with Crippen LogP contribution in [0.15, 0.2) is 36.7 Å². The molecule has 0 aliphatic carbocycles. The van der Waals surface area contributed by atoms with E-state index in [1.165, 1.54) is 0 Å². The average Bonchev–Trinajstić information content (AvgIpc) is 2.40. The van der Waals surface area contributed by atoms with Crippen molar-refractivity contribution in [1.82, 2.24) is 9.97 Å². The SMILES string of the molecule is Cc1cnc(CN(CC(C)C)c2cccc(O)c2)cn1. The maximum absolute atomic E-state index is 9.64. The second kappa shape index (κ2) is 6.37. The van der Waals surface area contributed by atoms with E-state index in [9.17, 15) is 5.11 Å². The van der Waals surface area contributed by atoms with Gasteiger partial charge >= 0.3 is 0 Å². The van der Waals surface area contributed by atoms with Crippen LogP contribution in [-0.2, 0) is 6.54 Å². The fourth-order valence-corrected chi connectivity index (χ4v) is 2.09. The minimum atomic E-state index is 0.284. The van der Waals surface area contributed by atoms with Gasteiger partial charge < -0.3 is 10.0 Å². The lowest BCUT2D eigenvalue weighted by Gasteiger charge is -2.26. The lowest BCUT2D eigenvalue weighted by Crippen LogP contribution is -2.27. The molecule has 1 heterocycles. The van der Waals surface area contributed by atoms with E-state index in [1.807, 2.05) is 25.3 Å². The molecule has 20 heavy (non-hydrogen) atoms. The van der Waals surface area contributed by atoms with Gasteiger partial charge in [-0.05, 0) is 25.0 Å². The molecule has 4 nitrogen and oxygen atoms in total. The van der Waals surface area contributed by atoms with Crippen LogP contribution in [0.5, 0.6) is 5.75 Å². The van der Waals surface area contributed by atoms with Crippen molar-refractivity contribution in [1.29, 1.82) is 0 Å². The summed E-state index contributed by atoms with van der Waals surface area (Å²) in [5, 5.41) is 9.64. The minimum Gasteiger partial charge on any atom is -0.508 e. The number of anilines is 1. The van der Waals surface area contributed by atoms with E-state index in [4.69, 9.17) is 0 Å². The summed E-state index contributed by atoms with van der Waals surface area (Å²) in [6.07, 6.45) is 3.59. The molecule has 4 heteroatoms. The second-order valence-corrected chi connectivity index (χ2v) is 5.44. The van der Waals surface area contributed by atoms with Gasteiger partial charge in [-0.1, -0.05) is 19.9 Å². The van der Waals surface area contributed by atoms with Crippen LogP contribution in [0.25, 0.3) is 0 Å². The van der Waals surface area contributed by atoms with Crippen molar-refractivity contribution in [3.05, 3.63) is 48.0 Å². The third kappa shape index (κ3) is 3.95. The minimum absolute atomic E-state index is 0.284. The van der Waals surface area contributed by atoms with Gasteiger partial charge in [0.1, 0.15) is 5.75 Å². The summed E-state index contributed by atoms with van der Waals surface area (Å²) in [5.41, 5.74) is 2.85. The Bertz CT molecular complexity index is 552. The van der Waals surface area contributed by atoms with Gasteiger partial charge in [0.05, 0.1) is 24.1 Å². The summed E-state index contributed by atoms with van der Waals surface area (Å²) >= 11 is 0. The molecule has 1 N–H and O–H groups in total. The Balaban J connectivity index is 2.21. The van der Waals surface area contributed by atoms with E-state index in [2.05, 4.69) is 28.7 Å². The smallest absolute Gasteiger partial charge is 0.117 e. The summed E-state index contributed by atoms with van der Waals surface area (Å²) in [6.45, 7) is 7.87. The van der Waals surface area contributed by atoms with Crippen LogP contribution in [0.1, 0.15) is 25.2 Å². The molecule has 0 saturated heterocycles. The van der Waals surface area contributed by atoms with E-state index >= 15 is 0 Å². The standard InChI is InChI=1S/C16H21N3O/c1-12(2)10-19(15-5-4-6-16(20)7-15)11-14-9-17-13(3)8-18-14/h4-9,12,20H,10-11H2,1-3H3. The Morgan fingerprint density at radius 2 is 2.00 bits per heavy atom. The first-order valence-corrected chi connectivity index (χ1v) is 6.86. The molecule has 0 unspecified atom stereocenters. The zero-order valence-electron chi connectivity index (χ0n) is 12.2. The number of rotatable bonds is 5. The van der Waals surface area contributed by atoms with E-state index in [0.717, 1.165) is 23.6 Å². The molecule has 2 aromatic rings. The number of phenolic OH excluding ortho intramolecular Hbond substituents is 1. The highest BCUT2D eigenvalue weighted by atomic mass is 16.3. The molecule has 0 fully saturated rings. The van der Waals surface area contributed by atoms with Crippen molar-refractivity contribution in [2.75, 3.05) is 11.4 Å². The Morgan fingerprint density at radius 3 is 2.60 bits per heavy atom. The fraction of sp³-hybridized carbons (Fsp3) is 0.375. The number of phenols is 1. The molecule has 0 spiro atoms. The van der Waals surface area contributed by atoms with Crippen LogP contribution >= 0.6 is 0 Å². The van der Waals surface area contributed by atoms with E-state index < -0.39 is 0 Å². The van der Waals surface area contributed by atoms with Gasteiger partial charge in [-0.3, -0.25) is 9.97 Å². The van der Waals surface area contributed by atoms with Crippen molar-refractivity contribution in [2.24, 2.45) is 5.92 Å². The number of aromatic hydroxyl groups is 1. The third-order valence-electron chi connectivity index (χ3n) is 2.97. The van der Waals surface area contributed by atoms with Crippen molar-refractivity contribution in [3.8, 4) is 5.75 Å². The molecule has 0 amide bonds. The lowest BCUT2D eigenvalue weighted by atomic mass is 10.1. The first kappa shape index (κ1) is 14.3. The van der Waals surface area contributed by atoms with Crippen molar-refractivity contribution >= 4 is 5.69 Å². The van der Waals surface area contributed by atoms with Crippen LogP contribution in [-0.4, -0.2) is 21.6 Å². The highest BCUT2D eigenvalue weighted by molar-refractivity contribution is 5.50. The average molecular weight is 271 g/mol. The second-order valence-electron chi connectivity index (χ2n) is 5.44. The van der Waals surface area contributed by atoms with Gasteiger partial charge in [0, 0.05) is 24.5 Å². The summed E-state index contributed by atoms with van der Waals surface area (Å²) in [4.78, 5) is 10.9. The molecule has 0 bridgehead atoms. The van der Waals surface area contributed by atoms with Gasteiger partial charge in [-0.25, -0.2) is 0 Å². The van der Waals surface area contributed by atoms with E-state index in [-0.39, 0.29) is 5.75 Å². The fourth-order valence-electron chi connectivity index (χ4n) is 2.09. The molecule has 2 rings (SSSR count). The van der Waals surface area contributed by atoms with E-state index in [1.54, 1.807) is 18.3 Å². The van der Waals surface area contributed by atoms with Crippen molar-refractivity contribution in [3.63, 3.8) is 0 Å². The highest BCUT2D eigenvalue weighted by Gasteiger charge is 2.11. The first-order valence-electron chi connectivity index (χ1n) is 6.86. The van der Waals surface area contributed by atoms with Crippen LogP contribution in [0.2, 0.25) is 0 Å². The maximum atomic E-state index is 9.64. The third-order valence-corrected chi connectivity index (χ3v) is 2.97. The highest BCUT2D eigenvalue weighted by Crippen LogP contribution is 2.22. The molecule has 0 radical (unpaired) electrons. The van der Waals surface area contributed by atoms with Crippen LogP contribution in [0.4, 0.5) is 5.69 Å². The van der Waals surface area contributed by atoms with E-state index in [0.29, 0.717) is 12.5 Å². The number of hydrogen-bond donors (Lipinski definition) is 1. The lowest BCUT2D eigenvalue weighted by molar-refractivity contribution is 0.475. The molecule has 106 valence electrons. The van der Waals surface area contributed by atoms with Crippen LogP contribution in [0, 0.1) is 12.8 Å². The molecule has 0 saturated carbocycles. The van der Waals surface area contributed by atoms with Crippen LogP contribution in [0.3, 0.4) is 0 Å². The van der Waals surface area contributed by atoms with Gasteiger partial charge in [-0.2, -0.15) is 0 Å². The monoisotopic (exact) mass is 271 g/mol. The summed E-state index contributed by atoms with van der Waals surface area (Å²) < 4.78 is 0. The summed E-state index contributed by atoms with van der Waals surface area (Å²) in [5.74, 6) is 0.807. The summed E-state index contributed by atoms with van der Waals surface area (Å²) in [7, 11) is 0. The Labute approximate surface area is 120 Å². The molecule has 0 atom stereocenters. The van der Waals surface area contributed by atoms with Gasteiger partial charge in [-0.15, -0.1) is 0 Å². The first-order chi connectivity index (χ1) is 9.54. The maximum Gasteiger partial charge on any atom is 0.117 e. The van der Waals surface area contributed by atoms with Gasteiger partial charge in [0.2, 0.25) is 0 Å². The number of benzene rings is 1. The van der Waals surface area contributed by atoms with Crippen molar-refractivity contribution in [2.45, 2.75) is 27.3 Å². The molecule has 0 aliphatic rings. The Hall–Kier alpha value is -2.10. The van der Waals surface area contributed by atoms with Gasteiger partial charge in [0.25, 0.3) is 0 Å². The Morgan fingerprint density at radius 1 is 1.20 bits per heavy atom. The zero-order chi connectivity index (χ0) is 14.5. The predicted octanol–water partition coefficient (Wildman–Crippen LogP) is 3.15. The van der Waals surface area contributed by atoms with Gasteiger partial charge in [0.15, 0.2) is 0 Å². The topological polar surface area (TPSA) is 49.2 Å². The quantitative estimate of drug-likeness (QED) is 0.907. The zero-order valence-corrected chi connectivity index (χ0v) is 12.2. The number of nitrogens with zero attached hydrogens (tertiary/aromatic N) is 3. The number of hydrogen-bond acceptors (Lipinski definition) is 4. The van der Waals surface area contributed by atoms with Crippen molar-refractivity contribution < 1.29 is 5.11 Å². The molecule has 0 aliphatic heterocycles. The Kier molecular flexibility index (Phi) is 4.56. The summed E-state index contributed by atoms with van der Waals surface area (Å²) in [6, 6.07) is 7.33. The number of aromatic nitrogens is 2. The molecule has 1 aromatic carbocycles. The normalized spacial score (nSPS) is 10.8. The van der Waals surface area contributed by atoms with Crippen LogP contribution < -0.4 is 4.90 Å². The largest absolute Gasteiger partial charge is 0.508 e. The molecule has 1 aromatic heterocycles. The number of aryl methyl sites for hydroxylation is 1. The molecular weight excluding hydrogens is 250 g/mol. The predicted molar refractivity (Wildman–Crippen MR) is 80.8 cm³/mol.